The number of nitrogens with zero attached hydrogens (tertiary/aromatic N) is 5. The minimum absolute atomic E-state index is 0.0495. The molecule has 0 radical (unpaired) electrons. The van der Waals surface area contributed by atoms with Crippen LogP contribution in [0.25, 0.3) is 11.3 Å². The third-order valence-corrected chi connectivity index (χ3v) is 6.49. The third-order valence-electron chi connectivity index (χ3n) is 4.68. The first-order valence-electron chi connectivity index (χ1n) is 9.62. The molecule has 0 aliphatic rings. The van der Waals surface area contributed by atoms with Gasteiger partial charge in [0, 0.05) is 34.2 Å². The average molecular weight is 515 g/mol. The molecule has 172 valence electrons. The summed E-state index contributed by atoms with van der Waals surface area (Å²) in [7, 11) is 1.21. The molecule has 0 saturated carbocycles. The number of pyridine rings is 1. The molecule has 1 N–H and O–H groups in total. The maximum absolute atomic E-state index is 13.1. The minimum atomic E-state index is -0.626. The first-order valence-corrected chi connectivity index (χ1v) is 11.8. The van der Waals surface area contributed by atoms with E-state index in [1.165, 1.54) is 41.5 Å². The molecule has 0 unspecified atom stereocenters. The van der Waals surface area contributed by atoms with Gasteiger partial charge in [-0.1, -0.05) is 11.6 Å². The summed E-state index contributed by atoms with van der Waals surface area (Å²) in [5.74, 6) is -0.744. The fourth-order valence-corrected chi connectivity index (χ4v) is 4.59. The quantitative estimate of drug-likeness (QED) is 0.372. The van der Waals surface area contributed by atoms with Crippen molar-refractivity contribution < 1.29 is 14.3 Å². The van der Waals surface area contributed by atoms with E-state index in [4.69, 9.17) is 11.6 Å². The SMILES string of the molecule is COC(=O)Cn1cc(-c2cc(NCc3ccc(Cl)s3)n(C(=O)c3cscn3)n2)c(C#N)cc1=O. The highest BCUT2D eigenvalue weighted by molar-refractivity contribution is 7.16. The van der Waals surface area contributed by atoms with Gasteiger partial charge in [-0.2, -0.15) is 15.0 Å². The topological polar surface area (TPSA) is 132 Å². The number of ether oxygens (including phenoxy) is 1. The first kappa shape index (κ1) is 23.4. The third kappa shape index (κ3) is 4.91. The summed E-state index contributed by atoms with van der Waals surface area (Å²) in [6.07, 6.45) is 1.35. The van der Waals surface area contributed by atoms with Crippen molar-refractivity contribution in [2.24, 2.45) is 0 Å². The Morgan fingerprint density at radius 3 is 2.79 bits per heavy atom. The zero-order valence-corrected chi connectivity index (χ0v) is 19.9. The molecule has 4 aromatic heterocycles. The summed E-state index contributed by atoms with van der Waals surface area (Å²) in [6, 6.07) is 8.30. The van der Waals surface area contributed by atoms with Crippen LogP contribution in [0.4, 0.5) is 5.82 Å². The van der Waals surface area contributed by atoms with Crippen molar-refractivity contribution in [1.29, 1.82) is 5.26 Å². The number of hydrogen-bond donors (Lipinski definition) is 1. The molecule has 0 aromatic carbocycles. The van der Waals surface area contributed by atoms with Crippen molar-refractivity contribution in [1.82, 2.24) is 19.3 Å². The molecule has 0 bridgehead atoms. The molecule has 4 aromatic rings. The van der Waals surface area contributed by atoms with Crippen molar-refractivity contribution in [2.45, 2.75) is 13.1 Å². The van der Waals surface area contributed by atoms with Crippen LogP contribution in [0.2, 0.25) is 4.34 Å². The van der Waals surface area contributed by atoms with Gasteiger partial charge < -0.3 is 14.6 Å². The molecule has 10 nitrogen and oxygen atoms in total. The summed E-state index contributed by atoms with van der Waals surface area (Å²) in [4.78, 5) is 42.1. The molecular weight excluding hydrogens is 500 g/mol. The van der Waals surface area contributed by atoms with Crippen LogP contribution in [0, 0.1) is 11.3 Å². The Kier molecular flexibility index (Phi) is 6.87. The van der Waals surface area contributed by atoms with E-state index in [-0.39, 0.29) is 29.1 Å². The number of aromatic nitrogens is 4. The second kappa shape index (κ2) is 10.0. The standard InChI is InChI=1S/C21H15ClN6O4S2/c1-32-20(30)9-27-8-14(12(6-23)4-19(27)29)15-5-18(24-7-13-2-3-17(22)34-13)28(26-15)21(31)16-10-33-11-25-16/h2-5,8,10-11,24H,7,9H2,1H3. The van der Waals surface area contributed by atoms with Gasteiger partial charge in [-0.05, 0) is 12.1 Å². The number of hydrogen-bond acceptors (Lipinski definition) is 10. The Bertz CT molecular complexity index is 1470. The largest absolute Gasteiger partial charge is 0.468 e. The predicted molar refractivity (Wildman–Crippen MR) is 127 cm³/mol. The Morgan fingerprint density at radius 2 is 2.15 bits per heavy atom. The molecule has 0 spiro atoms. The van der Waals surface area contributed by atoms with E-state index in [9.17, 15) is 19.6 Å². The predicted octanol–water partition coefficient (Wildman–Crippen LogP) is 3.23. The fraction of sp³-hybridized carbons (Fsp3) is 0.143. The number of esters is 1. The van der Waals surface area contributed by atoms with Crippen LogP contribution in [0.5, 0.6) is 0 Å². The highest BCUT2D eigenvalue weighted by Crippen LogP contribution is 2.27. The maximum atomic E-state index is 13.1. The number of halogens is 1. The van der Waals surface area contributed by atoms with Gasteiger partial charge in [0.05, 0.1) is 34.8 Å². The maximum Gasteiger partial charge on any atom is 0.325 e. The smallest absolute Gasteiger partial charge is 0.325 e. The summed E-state index contributed by atoms with van der Waals surface area (Å²) in [5, 5.41) is 18.7. The Labute approximate surface area is 205 Å². The summed E-state index contributed by atoms with van der Waals surface area (Å²) in [5.41, 5.74) is 1.78. The van der Waals surface area contributed by atoms with E-state index >= 15 is 0 Å². The van der Waals surface area contributed by atoms with E-state index < -0.39 is 17.4 Å². The summed E-state index contributed by atoms with van der Waals surface area (Å²) < 4.78 is 7.53. The Hall–Kier alpha value is -3.79. The molecule has 0 aliphatic carbocycles. The van der Waals surface area contributed by atoms with Gasteiger partial charge in [0.15, 0.2) is 0 Å². The van der Waals surface area contributed by atoms with E-state index in [1.54, 1.807) is 17.5 Å². The molecule has 0 saturated heterocycles. The van der Waals surface area contributed by atoms with Gasteiger partial charge in [-0.15, -0.1) is 22.7 Å². The molecule has 0 amide bonds. The number of carbonyl (C=O) groups is 2. The van der Waals surface area contributed by atoms with Crippen molar-refractivity contribution in [3.8, 4) is 17.3 Å². The lowest BCUT2D eigenvalue weighted by atomic mass is 10.1. The zero-order valence-electron chi connectivity index (χ0n) is 17.5. The van der Waals surface area contributed by atoms with E-state index in [0.717, 1.165) is 20.2 Å². The summed E-state index contributed by atoms with van der Waals surface area (Å²) >= 11 is 8.67. The molecule has 0 fully saturated rings. The van der Waals surface area contributed by atoms with Crippen LogP contribution in [0.3, 0.4) is 0 Å². The van der Waals surface area contributed by atoms with Gasteiger partial charge in [-0.25, -0.2) is 4.98 Å². The van der Waals surface area contributed by atoms with Crippen molar-refractivity contribution in [2.75, 3.05) is 12.4 Å². The fourth-order valence-electron chi connectivity index (χ4n) is 3.04. The molecular formula is C21H15ClN6O4S2. The van der Waals surface area contributed by atoms with Crippen molar-refractivity contribution in [3.05, 3.63) is 72.2 Å². The van der Waals surface area contributed by atoms with Crippen molar-refractivity contribution >= 4 is 52.0 Å². The Balaban J connectivity index is 1.78. The average Bonchev–Trinajstić information content (AvgIpc) is 3.59. The van der Waals surface area contributed by atoms with Crippen LogP contribution < -0.4 is 10.9 Å². The number of nitriles is 1. The number of thiophene rings is 1. The lowest BCUT2D eigenvalue weighted by Crippen LogP contribution is -2.24. The molecule has 0 atom stereocenters. The lowest BCUT2D eigenvalue weighted by molar-refractivity contribution is -0.141. The number of anilines is 1. The highest BCUT2D eigenvalue weighted by Gasteiger charge is 2.21. The molecule has 0 aliphatic heterocycles. The molecule has 4 rings (SSSR count). The van der Waals surface area contributed by atoms with Gasteiger partial charge in [0.25, 0.3) is 11.5 Å². The lowest BCUT2D eigenvalue weighted by Gasteiger charge is -2.07. The van der Waals surface area contributed by atoms with Crippen LogP contribution in [-0.2, 0) is 22.6 Å². The van der Waals surface area contributed by atoms with E-state index in [1.807, 2.05) is 12.1 Å². The number of methoxy groups -OCH3 is 1. The monoisotopic (exact) mass is 514 g/mol. The molecule has 4 heterocycles. The number of nitrogens with one attached hydrogen (secondary N) is 1. The number of rotatable bonds is 7. The van der Waals surface area contributed by atoms with Gasteiger partial charge in [0.1, 0.15) is 24.1 Å². The summed E-state index contributed by atoms with van der Waals surface area (Å²) in [6.45, 7) is 0.0383. The second-order valence-electron chi connectivity index (χ2n) is 6.82. The molecule has 13 heteroatoms. The van der Waals surface area contributed by atoms with Crippen LogP contribution >= 0.6 is 34.3 Å². The number of carbonyl (C=O) groups excluding carboxylic acids is 2. The van der Waals surface area contributed by atoms with Gasteiger partial charge >= 0.3 is 5.97 Å². The van der Waals surface area contributed by atoms with E-state index in [0.29, 0.717) is 16.7 Å². The van der Waals surface area contributed by atoms with Crippen LogP contribution in [0.1, 0.15) is 20.9 Å². The van der Waals surface area contributed by atoms with Crippen molar-refractivity contribution in [3.63, 3.8) is 0 Å². The first-order chi connectivity index (χ1) is 16.4. The minimum Gasteiger partial charge on any atom is -0.468 e. The van der Waals surface area contributed by atoms with Gasteiger partial charge in [0.2, 0.25) is 0 Å². The number of thiazole rings is 1. The second-order valence-corrected chi connectivity index (χ2v) is 9.34. The van der Waals surface area contributed by atoms with Crippen LogP contribution in [0.15, 0.2) is 46.1 Å². The van der Waals surface area contributed by atoms with E-state index in [2.05, 4.69) is 20.1 Å². The normalized spacial score (nSPS) is 10.6. The molecule has 34 heavy (non-hydrogen) atoms. The van der Waals surface area contributed by atoms with Crippen LogP contribution in [-0.4, -0.2) is 38.3 Å². The highest BCUT2D eigenvalue weighted by atomic mass is 35.5. The zero-order chi connectivity index (χ0) is 24.2. The Morgan fingerprint density at radius 1 is 1.32 bits per heavy atom. The van der Waals surface area contributed by atoms with Gasteiger partial charge in [-0.3, -0.25) is 14.4 Å².